The smallest absolute Gasteiger partial charge is 0.253 e. The highest BCUT2D eigenvalue weighted by Gasteiger charge is 2.08. The standard InChI is InChI=1S/C13H18N6OS/c1-8(2)16-10-5-4-9(6-14-10)12(20)15-7-11-17-18-13(21)19(11)3/h4-6,8H,7H2,1-3H3,(H,14,16)(H,15,20)(H,18,21). The monoisotopic (exact) mass is 306 g/mol. The molecule has 2 aromatic rings. The van der Waals surface area contributed by atoms with Crippen LogP contribution in [-0.2, 0) is 13.6 Å². The Morgan fingerprint density at radius 3 is 2.76 bits per heavy atom. The van der Waals surface area contributed by atoms with Crippen LogP contribution in [0.4, 0.5) is 5.82 Å². The maximum absolute atomic E-state index is 12.0. The molecule has 0 fully saturated rings. The first-order valence-electron chi connectivity index (χ1n) is 6.58. The number of carbonyl (C=O) groups is 1. The molecule has 0 radical (unpaired) electrons. The van der Waals surface area contributed by atoms with E-state index in [1.54, 1.807) is 29.9 Å². The van der Waals surface area contributed by atoms with Crippen molar-refractivity contribution >= 4 is 23.9 Å². The van der Waals surface area contributed by atoms with Crippen molar-refractivity contribution in [1.29, 1.82) is 0 Å². The fraction of sp³-hybridized carbons (Fsp3) is 0.385. The molecule has 0 saturated heterocycles. The van der Waals surface area contributed by atoms with Crippen LogP contribution in [-0.4, -0.2) is 31.7 Å². The van der Waals surface area contributed by atoms with E-state index in [-0.39, 0.29) is 5.91 Å². The quantitative estimate of drug-likeness (QED) is 0.731. The van der Waals surface area contributed by atoms with Crippen LogP contribution in [0.3, 0.4) is 0 Å². The SMILES string of the molecule is CC(C)Nc1ccc(C(=O)NCc2n[nH]c(=S)n2C)cn1. The van der Waals surface area contributed by atoms with Crippen LogP contribution in [0.25, 0.3) is 0 Å². The summed E-state index contributed by atoms with van der Waals surface area (Å²) in [4.78, 5) is 16.2. The molecule has 21 heavy (non-hydrogen) atoms. The molecule has 0 aromatic carbocycles. The Hall–Kier alpha value is -2.22. The first-order valence-corrected chi connectivity index (χ1v) is 6.99. The molecular weight excluding hydrogens is 288 g/mol. The van der Waals surface area contributed by atoms with Gasteiger partial charge in [-0.3, -0.25) is 9.89 Å². The largest absolute Gasteiger partial charge is 0.368 e. The van der Waals surface area contributed by atoms with Crippen molar-refractivity contribution in [3.05, 3.63) is 34.5 Å². The fourth-order valence-corrected chi connectivity index (χ4v) is 1.86. The van der Waals surface area contributed by atoms with E-state index in [4.69, 9.17) is 12.2 Å². The highest BCUT2D eigenvalue weighted by atomic mass is 32.1. The topological polar surface area (TPSA) is 87.6 Å². The van der Waals surface area contributed by atoms with Gasteiger partial charge in [-0.1, -0.05) is 0 Å². The van der Waals surface area contributed by atoms with Gasteiger partial charge in [-0.15, -0.1) is 0 Å². The van der Waals surface area contributed by atoms with Crippen LogP contribution >= 0.6 is 12.2 Å². The van der Waals surface area contributed by atoms with E-state index >= 15 is 0 Å². The molecule has 112 valence electrons. The third kappa shape index (κ3) is 3.88. The predicted octanol–water partition coefficient (Wildman–Crippen LogP) is 1.62. The highest BCUT2D eigenvalue weighted by molar-refractivity contribution is 7.71. The van der Waals surface area contributed by atoms with Gasteiger partial charge in [0, 0.05) is 19.3 Å². The molecule has 7 nitrogen and oxygen atoms in total. The first kappa shape index (κ1) is 15.2. The lowest BCUT2D eigenvalue weighted by Crippen LogP contribution is -2.24. The molecule has 0 aliphatic rings. The molecule has 2 heterocycles. The third-order valence-electron chi connectivity index (χ3n) is 2.84. The molecule has 0 bridgehead atoms. The van der Waals surface area contributed by atoms with Crippen molar-refractivity contribution < 1.29 is 4.79 Å². The molecule has 0 unspecified atom stereocenters. The lowest BCUT2D eigenvalue weighted by Gasteiger charge is -2.09. The number of nitrogens with zero attached hydrogens (tertiary/aromatic N) is 3. The summed E-state index contributed by atoms with van der Waals surface area (Å²) in [7, 11) is 1.79. The lowest BCUT2D eigenvalue weighted by molar-refractivity contribution is 0.0949. The van der Waals surface area contributed by atoms with Gasteiger partial charge in [-0.2, -0.15) is 5.10 Å². The van der Waals surface area contributed by atoms with E-state index in [1.165, 1.54) is 0 Å². The molecule has 1 amide bonds. The van der Waals surface area contributed by atoms with E-state index < -0.39 is 0 Å². The number of nitrogens with one attached hydrogen (secondary N) is 3. The Kier molecular flexibility index (Phi) is 4.69. The van der Waals surface area contributed by atoms with Crippen molar-refractivity contribution in [3.8, 4) is 0 Å². The zero-order valence-corrected chi connectivity index (χ0v) is 13.0. The van der Waals surface area contributed by atoms with Gasteiger partial charge in [-0.25, -0.2) is 4.98 Å². The number of hydrogen-bond donors (Lipinski definition) is 3. The minimum atomic E-state index is -0.201. The second-order valence-electron chi connectivity index (χ2n) is 4.92. The molecule has 3 N–H and O–H groups in total. The number of H-pyrrole nitrogens is 1. The molecule has 0 atom stereocenters. The second kappa shape index (κ2) is 6.49. The summed E-state index contributed by atoms with van der Waals surface area (Å²) < 4.78 is 2.23. The van der Waals surface area contributed by atoms with E-state index in [9.17, 15) is 4.79 Å². The Balaban J connectivity index is 1.97. The van der Waals surface area contributed by atoms with E-state index in [0.29, 0.717) is 28.7 Å². The predicted molar refractivity (Wildman–Crippen MR) is 82.6 cm³/mol. The van der Waals surface area contributed by atoms with Gasteiger partial charge < -0.3 is 15.2 Å². The maximum Gasteiger partial charge on any atom is 0.253 e. The zero-order chi connectivity index (χ0) is 15.4. The summed E-state index contributed by atoms with van der Waals surface area (Å²) in [6.45, 7) is 4.35. The molecule has 0 spiro atoms. The third-order valence-corrected chi connectivity index (χ3v) is 3.21. The summed E-state index contributed by atoms with van der Waals surface area (Å²) >= 11 is 5.01. The minimum Gasteiger partial charge on any atom is -0.368 e. The van der Waals surface area contributed by atoms with Gasteiger partial charge in [0.15, 0.2) is 10.6 Å². The van der Waals surface area contributed by atoms with Crippen LogP contribution in [0.2, 0.25) is 0 Å². The van der Waals surface area contributed by atoms with Gasteiger partial charge in [-0.05, 0) is 38.2 Å². The van der Waals surface area contributed by atoms with Gasteiger partial charge >= 0.3 is 0 Å². The summed E-state index contributed by atoms with van der Waals surface area (Å²) in [5.41, 5.74) is 0.501. The summed E-state index contributed by atoms with van der Waals surface area (Å²) in [5, 5.41) is 12.7. The van der Waals surface area contributed by atoms with Gasteiger partial charge in [0.25, 0.3) is 5.91 Å². The Morgan fingerprint density at radius 1 is 1.48 bits per heavy atom. The van der Waals surface area contributed by atoms with Crippen molar-refractivity contribution in [3.63, 3.8) is 0 Å². The molecule has 0 saturated carbocycles. The first-order chi connectivity index (χ1) is 9.97. The second-order valence-corrected chi connectivity index (χ2v) is 5.30. The molecule has 2 rings (SSSR count). The number of rotatable bonds is 5. The van der Waals surface area contributed by atoms with Crippen LogP contribution in [0.5, 0.6) is 0 Å². The fourth-order valence-electron chi connectivity index (χ4n) is 1.71. The Bertz CT molecular complexity index is 673. The molecule has 0 aliphatic carbocycles. The van der Waals surface area contributed by atoms with Crippen molar-refractivity contribution in [2.24, 2.45) is 7.05 Å². The number of hydrogen-bond acceptors (Lipinski definition) is 5. The Morgan fingerprint density at radius 2 is 2.24 bits per heavy atom. The summed E-state index contributed by atoms with van der Waals surface area (Å²) in [6, 6.07) is 3.81. The average molecular weight is 306 g/mol. The molecule has 2 aromatic heterocycles. The lowest BCUT2D eigenvalue weighted by atomic mass is 10.2. The van der Waals surface area contributed by atoms with Crippen molar-refractivity contribution in [2.75, 3.05) is 5.32 Å². The Labute approximate surface area is 127 Å². The number of carbonyl (C=O) groups excluding carboxylic acids is 1. The number of pyridine rings is 1. The van der Waals surface area contributed by atoms with Crippen LogP contribution in [0, 0.1) is 4.77 Å². The van der Waals surface area contributed by atoms with Gasteiger partial charge in [0.1, 0.15) is 5.82 Å². The highest BCUT2D eigenvalue weighted by Crippen LogP contribution is 2.06. The average Bonchev–Trinajstić information content (AvgIpc) is 2.76. The normalized spacial score (nSPS) is 10.7. The van der Waals surface area contributed by atoms with Crippen LogP contribution in [0.1, 0.15) is 30.0 Å². The van der Waals surface area contributed by atoms with Gasteiger partial charge in [0.05, 0.1) is 12.1 Å². The van der Waals surface area contributed by atoms with Crippen LogP contribution in [0.15, 0.2) is 18.3 Å². The van der Waals surface area contributed by atoms with Crippen molar-refractivity contribution in [1.82, 2.24) is 25.1 Å². The van der Waals surface area contributed by atoms with E-state index in [1.807, 2.05) is 13.8 Å². The minimum absolute atomic E-state index is 0.201. The number of amides is 1. The number of aromatic amines is 1. The molecule has 0 aliphatic heterocycles. The number of aromatic nitrogens is 4. The van der Waals surface area contributed by atoms with Crippen LogP contribution < -0.4 is 10.6 Å². The number of anilines is 1. The molecular formula is C13H18N6OS. The summed E-state index contributed by atoms with van der Waals surface area (Å²) in [5.74, 6) is 1.21. The zero-order valence-electron chi connectivity index (χ0n) is 12.2. The van der Waals surface area contributed by atoms with Gasteiger partial charge in [0.2, 0.25) is 0 Å². The van der Waals surface area contributed by atoms with Crippen molar-refractivity contribution in [2.45, 2.75) is 26.4 Å². The van der Waals surface area contributed by atoms with E-state index in [2.05, 4.69) is 25.8 Å². The summed E-state index contributed by atoms with van der Waals surface area (Å²) in [6.07, 6.45) is 1.54. The molecule has 8 heteroatoms. The maximum atomic E-state index is 12.0. The van der Waals surface area contributed by atoms with E-state index in [0.717, 1.165) is 5.82 Å².